The van der Waals surface area contributed by atoms with Gasteiger partial charge in [-0.15, -0.1) is 0 Å². The van der Waals surface area contributed by atoms with Gasteiger partial charge in [0.25, 0.3) is 0 Å². The predicted molar refractivity (Wildman–Crippen MR) is 216 cm³/mol. The molecular formula is C50H30N2. The minimum Gasteiger partial charge on any atom is -0.310 e. The third-order valence-corrected chi connectivity index (χ3v) is 11.5. The minimum absolute atomic E-state index is 0.437. The maximum atomic E-state index is 7.69. The van der Waals surface area contributed by atoms with Crippen LogP contribution < -0.4 is 4.90 Å². The Bertz CT molecular complexity index is 2900. The minimum atomic E-state index is -0.437. The van der Waals surface area contributed by atoms with Crippen LogP contribution in [0.1, 0.15) is 22.3 Å². The molecule has 0 heterocycles. The van der Waals surface area contributed by atoms with Crippen LogP contribution in [-0.2, 0) is 5.41 Å². The molecule has 9 aromatic carbocycles. The van der Waals surface area contributed by atoms with Gasteiger partial charge in [-0.3, -0.25) is 0 Å². The topological polar surface area (TPSA) is 7.60 Å². The summed E-state index contributed by atoms with van der Waals surface area (Å²) in [5.41, 5.74) is 13.7. The van der Waals surface area contributed by atoms with Gasteiger partial charge in [-0.1, -0.05) is 152 Å². The quantitative estimate of drug-likeness (QED) is 0.135. The average molecular weight is 659 g/mol. The molecule has 0 aliphatic heterocycles. The van der Waals surface area contributed by atoms with E-state index < -0.39 is 5.41 Å². The Morgan fingerprint density at radius 2 is 0.846 bits per heavy atom. The van der Waals surface area contributed by atoms with Gasteiger partial charge in [-0.25, -0.2) is 4.85 Å². The van der Waals surface area contributed by atoms with Crippen LogP contribution in [0.25, 0.3) is 59.4 Å². The second kappa shape index (κ2) is 10.8. The van der Waals surface area contributed by atoms with Gasteiger partial charge in [0, 0.05) is 16.9 Å². The summed E-state index contributed by atoms with van der Waals surface area (Å²) in [5.74, 6) is 0. The van der Waals surface area contributed by atoms with Gasteiger partial charge in [0.2, 0.25) is 0 Å². The molecule has 0 unspecified atom stereocenters. The summed E-state index contributed by atoms with van der Waals surface area (Å²) in [4.78, 5) is 6.13. The number of hydrogen-bond donors (Lipinski definition) is 0. The first-order valence-corrected chi connectivity index (χ1v) is 17.8. The Balaban J connectivity index is 1.24. The van der Waals surface area contributed by atoms with E-state index in [2.05, 4.69) is 180 Å². The van der Waals surface area contributed by atoms with Crippen LogP contribution >= 0.6 is 0 Å². The molecule has 0 saturated carbocycles. The molecule has 2 aliphatic rings. The van der Waals surface area contributed by atoms with Crippen LogP contribution in [0.4, 0.5) is 22.7 Å². The Morgan fingerprint density at radius 3 is 1.44 bits per heavy atom. The molecule has 2 aliphatic carbocycles. The maximum Gasteiger partial charge on any atom is 0.187 e. The molecule has 0 saturated heterocycles. The van der Waals surface area contributed by atoms with Crippen molar-refractivity contribution in [1.29, 1.82) is 0 Å². The van der Waals surface area contributed by atoms with E-state index in [1.165, 1.54) is 76.8 Å². The lowest BCUT2D eigenvalue weighted by Crippen LogP contribution is -2.26. The molecule has 0 atom stereocenters. The van der Waals surface area contributed by atoms with Crippen molar-refractivity contribution in [1.82, 2.24) is 0 Å². The Hall–Kier alpha value is -6.95. The van der Waals surface area contributed by atoms with Gasteiger partial charge in [0.05, 0.1) is 17.7 Å². The Labute approximate surface area is 302 Å². The second-order valence-corrected chi connectivity index (χ2v) is 13.9. The van der Waals surface area contributed by atoms with Crippen molar-refractivity contribution in [2.45, 2.75) is 5.41 Å². The van der Waals surface area contributed by atoms with Crippen LogP contribution in [0.5, 0.6) is 0 Å². The number of rotatable bonds is 3. The molecule has 0 amide bonds. The number of hydrogen-bond acceptors (Lipinski definition) is 1. The van der Waals surface area contributed by atoms with Gasteiger partial charge in [-0.2, -0.15) is 0 Å². The molecule has 2 heteroatoms. The van der Waals surface area contributed by atoms with Crippen LogP contribution in [0.2, 0.25) is 0 Å². The first-order chi connectivity index (χ1) is 25.8. The van der Waals surface area contributed by atoms with Gasteiger partial charge in [0.1, 0.15) is 0 Å². The van der Waals surface area contributed by atoms with Gasteiger partial charge in [-0.05, 0) is 102 Å². The Kier molecular flexibility index (Phi) is 5.98. The van der Waals surface area contributed by atoms with Crippen molar-refractivity contribution in [3.05, 3.63) is 216 Å². The highest BCUT2D eigenvalue weighted by molar-refractivity contribution is 6.26. The van der Waals surface area contributed by atoms with Crippen LogP contribution in [0.3, 0.4) is 0 Å². The van der Waals surface area contributed by atoms with E-state index in [0.29, 0.717) is 5.69 Å². The fraction of sp³-hybridized carbons (Fsp3) is 0.0200. The van der Waals surface area contributed by atoms with Crippen molar-refractivity contribution in [3.63, 3.8) is 0 Å². The third kappa shape index (κ3) is 3.72. The summed E-state index contributed by atoms with van der Waals surface area (Å²) in [7, 11) is 0. The predicted octanol–water partition coefficient (Wildman–Crippen LogP) is 13.5. The van der Waals surface area contributed by atoms with Crippen molar-refractivity contribution < 1.29 is 0 Å². The largest absolute Gasteiger partial charge is 0.310 e. The second-order valence-electron chi connectivity index (χ2n) is 13.9. The molecule has 0 aromatic heterocycles. The Morgan fingerprint density at radius 1 is 0.385 bits per heavy atom. The van der Waals surface area contributed by atoms with Gasteiger partial charge < -0.3 is 4.90 Å². The van der Waals surface area contributed by atoms with E-state index in [9.17, 15) is 0 Å². The number of fused-ring (bicyclic) bond motifs is 16. The van der Waals surface area contributed by atoms with Crippen molar-refractivity contribution in [2.24, 2.45) is 0 Å². The van der Waals surface area contributed by atoms with Gasteiger partial charge >= 0.3 is 0 Å². The normalized spacial score (nSPS) is 13.1. The number of nitrogens with zero attached hydrogens (tertiary/aromatic N) is 2. The van der Waals surface area contributed by atoms with E-state index in [1.54, 1.807) is 0 Å². The zero-order valence-corrected chi connectivity index (χ0v) is 28.2. The van der Waals surface area contributed by atoms with Crippen LogP contribution in [-0.4, -0.2) is 0 Å². The summed E-state index contributed by atoms with van der Waals surface area (Å²) in [6, 6.07) is 66.2. The first-order valence-electron chi connectivity index (χ1n) is 17.8. The first kappa shape index (κ1) is 28.8. The van der Waals surface area contributed by atoms with E-state index in [1.807, 2.05) is 12.1 Å². The zero-order chi connectivity index (χ0) is 34.4. The van der Waals surface area contributed by atoms with Crippen molar-refractivity contribution in [2.75, 3.05) is 4.90 Å². The van der Waals surface area contributed by atoms with E-state index >= 15 is 0 Å². The highest BCUT2D eigenvalue weighted by Crippen LogP contribution is 2.64. The van der Waals surface area contributed by atoms with E-state index in [-0.39, 0.29) is 0 Å². The molecule has 240 valence electrons. The molecule has 2 nitrogen and oxygen atoms in total. The van der Waals surface area contributed by atoms with Crippen LogP contribution in [0, 0.1) is 6.57 Å². The van der Waals surface area contributed by atoms with E-state index in [0.717, 1.165) is 17.1 Å². The summed E-state index contributed by atoms with van der Waals surface area (Å²) in [6.07, 6.45) is 0. The summed E-state index contributed by atoms with van der Waals surface area (Å²) in [6.45, 7) is 7.69. The molecule has 52 heavy (non-hydrogen) atoms. The molecule has 0 fully saturated rings. The third-order valence-electron chi connectivity index (χ3n) is 11.5. The molecule has 1 spiro atoms. The lowest BCUT2D eigenvalue weighted by Gasteiger charge is -2.32. The molecule has 11 rings (SSSR count). The molecule has 0 bridgehead atoms. The zero-order valence-electron chi connectivity index (χ0n) is 28.2. The summed E-state index contributed by atoms with van der Waals surface area (Å²) >= 11 is 0. The summed E-state index contributed by atoms with van der Waals surface area (Å²) in [5, 5.41) is 7.48. The smallest absolute Gasteiger partial charge is 0.187 e. The standard InChI is InChI=1S/C50H30N2/c1-51-32-25-27-33(28-26-32)52(34-29-30-39-37-15-3-2-13-35(37)36-14-4-5-16-38(36)43(39)31-34)48-24-12-23-47-49(48)42-19-8-11-22-46(42)50(47)44-20-9-6-17-40(44)41-18-7-10-21-45(41)50/h2-31H. The lowest BCUT2D eigenvalue weighted by atomic mass is 9.70. The van der Waals surface area contributed by atoms with Crippen LogP contribution in [0.15, 0.2) is 182 Å². The van der Waals surface area contributed by atoms with E-state index in [4.69, 9.17) is 6.57 Å². The maximum absolute atomic E-state index is 7.69. The number of anilines is 3. The molecular weight excluding hydrogens is 629 g/mol. The summed E-state index contributed by atoms with van der Waals surface area (Å²) < 4.78 is 0. The number of benzene rings is 9. The van der Waals surface area contributed by atoms with Crippen molar-refractivity contribution in [3.8, 4) is 22.3 Å². The molecule has 0 N–H and O–H groups in total. The SMILES string of the molecule is [C-]#[N+]c1ccc(N(c2ccc3c4ccccc4c4ccccc4c3c2)c2cccc3c2-c2ccccc2C32c3ccccc3-c3ccccc32)cc1. The van der Waals surface area contributed by atoms with Crippen molar-refractivity contribution >= 4 is 55.1 Å². The lowest BCUT2D eigenvalue weighted by molar-refractivity contribution is 0.794. The fourth-order valence-electron chi connectivity index (χ4n) is 9.45. The molecule has 0 radical (unpaired) electrons. The highest BCUT2D eigenvalue weighted by Gasteiger charge is 2.52. The van der Waals surface area contributed by atoms with Gasteiger partial charge in [0.15, 0.2) is 5.69 Å². The fourth-order valence-corrected chi connectivity index (χ4v) is 9.45. The monoisotopic (exact) mass is 658 g/mol. The molecule has 9 aromatic rings. The highest BCUT2D eigenvalue weighted by atomic mass is 15.1. The average Bonchev–Trinajstić information content (AvgIpc) is 3.69.